The predicted molar refractivity (Wildman–Crippen MR) is 106 cm³/mol. The smallest absolute Gasteiger partial charge is 0.193 e. The second-order valence-electron chi connectivity index (χ2n) is 4.62. The highest BCUT2D eigenvalue weighted by atomic mass is 127. The van der Waals surface area contributed by atoms with Gasteiger partial charge in [-0.25, -0.2) is 4.99 Å². The molecule has 5 nitrogen and oxygen atoms in total. The van der Waals surface area contributed by atoms with Crippen molar-refractivity contribution in [2.24, 2.45) is 10.7 Å². The van der Waals surface area contributed by atoms with E-state index in [-0.39, 0.29) is 24.0 Å². The monoisotopic (exact) mass is 445 g/mol. The van der Waals surface area contributed by atoms with Crippen molar-refractivity contribution >= 4 is 46.4 Å². The van der Waals surface area contributed by atoms with E-state index in [4.69, 9.17) is 10.5 Å². The molecule has 0 radical (unpaired) electrons. The Balaban J connectivity index is 0.00000264. The van der Waals surface area contributed by atoms with Crippen LogP contribution in [-0.4, -0.2) is 23.5 Å². The van der Waals surface area contributed by atoms with Crippen LogP contribution in [0.25, 0.3) is 0 Å². The Labute approximate surface area is 155 Å². The van der Waals surface area contributed by atoms with Crippen LogP contribution >= 0.6 is 24.0 Å². The highest BCUT2D eigenvalue weighted by Gasteiger charge is 2.02. The van der Waals surface area contributed by atoms with Crippen molar-refractivity contribution in [1.29, 1.82) is 0 Å². The van der Waals surface area contributed by atoms with Crippen molar-refractivity contribution in [2.75, 3.05) is 18.7 Å². The number of methoxy groups -OCH3 is 1. The summed E-state index contributed by atoms with van der Waals surface area (Å²) >= 11 is 0. The number of nitrogens with one attached hydrogen (secondary N) is 1. The lowest BCUT2D eigenvalue weighted by Gasteiger charge is -2.10. The summed E-state index contributed by atoms with van der Waals surface area (Å²) in [7, 11) is 0.637. The van der Waals surface area contributed by atoms with E-state index in [1.807, 2.05) is 48.5 Å². The van der Waals surface area contributed by atoms with Crippen LogP contribution in [0.3, 0.4) is 0 Å². The first-order chi connectivity index (χ1) is 10.6. The average molecular weight is 445 g/mol. The molecule has 0 aromatic heterocycles. The maximum atomic E-state index is 11.3. The molecule has 0 aliphatic carbocycles. The van der Waals surface area contributed by atoms with E-state index < -0.39 is 10.8 Å². The molecule has 0 aliphatic rings. The van der Waals surface area contributed by atoms with E-state index in [0.29, 0.717) is 18.3 Å². The normalized spacial score (nSPS) is 12.2. The van der Waals surface area contributed by atoms with Gasteiger partial charge in [-0.15, -0.1) is 24.0 Å². The molecule has 2 rings (SSSR count). The minimum atomic E-state index is -0.967. The van der Waals surface area contributed by atoms with Crippen LogP contribution in [0.15, 0.2) is 58.4 Å². The molecule has 23 heavy (non-hydrogen) atoms. The van der Waals surface area contributed by atoms with Gasteiger partial charge in [-0.1, -0.05) is 24.3 Å². The van der Waals surface area contributed by atoms with Gasteiger partial charge < -0.3 is 15.8 Å². The van der Waals surface area contributed by atoms with Gasteiger partial charge in [-0.3, -0.25) is 4.21 Å². The molecular weight excluding hydrogens is 425 g/mol. The third-order valence-corrected chi connectivity index (χ3v) is 3.99. The molecule has 124 valence electrons. The highest BCUT2D eigenvalue weighted by molar-refractivity contribution is 14.0. The quantitative estimate of drug-likeness (QED) is 0.422. The number of benzene rings is 2. The van der Waals surface area contributed by atoms with Crippen LogP contribution in [-0.2, 0) is 17.3 Å². The molecule has 0 bridgehead atoms. The Morgan fingerprint density at radius 3 is 2.48 bits per heavy atom. The fourth-order valence-electron chi connectivity index (χ4n) is 1.89. The summed E-state index contributed by atoms with van der Waals surface area (Å²) in [6, 6.07) is 15.0. The topological polar surface area (TPSA) is 76.7 Å². The molecule has 0 amide bonds. The van der Waals surface area contributed by atoms with E-state index in [2.05, 4.69) is 10.3 Å². The zero-order valence-electron chi connectivity index (χ0n) is 13.0. The van der Waals surface area contributed by atoms with Gasteiger partial charge in [-0.2, -0.15) is 0 Å². The maximum absolute atomic E-state index is 11.3. The Morgan fingerprint density at radius 1 is 1.22 bits per heavy atom. The van der Waals surface area contributed by atoms with Gasteiger partial charge in [0, 0.05) is 22.0 Å². The van der Waals surface area contributed by atoms with Crippen molar-refractivity contribution in [3.8, 4) is 5.75 Å². The predicted octanol–water partition coefficient (Wildman–Crippen LogP) is 2.98. The Kier molecular flexibility index (Phi) is 8.04. The molecule has 0 saturated heterocycles. The number of hydrogen-bond acceptors (Lipinski definition) is 3. The number of ether oxygens (including phenoxy) is 1. The van der Waals surface area contributed by atoms with Crippen LogP contribution < -0.4 is 15.8 Å². The molecule has 0 spiro atoms. The number of nitrogens with zero attached hydrogens (tertiary/aromatic N) is 1. The van der Waals surface area contributed by atoms with E-state index in [1.54, 1.807) is 13.4 Å². The van der Waals surface area contributed by atoms with E-state index >= 15 is 0 Å². The molecule has 7 heteroatoms. The lowest BCUT2D eigenvalue weighted by Crippen LogP contribution is -2.22. The zero-order valence-corrected chi connectivity index (χ0v) is 16.1. The Bertz CT molecular complexity index is 690. The van der Waals surface area contributed by atoms with Crippen molar-refractivity contribution in [3.05, 3.63) is 54.1 Å². The summed E-state index contributed by atoms with van der Waals surface area (Å²) in [5.74, 6) is 1.02. The number of guanidine groups is 1. The number of anilines is 1. The van der Waals surface area contributed by atoms with Crippen molar-refractivity contribution in [2.45, 2.75) is 11.4 Å². The van der Waals surface area contributed by atoms with Crippen molar-refractivity contribution < 1.29 is 8.95 Å². The molecule has 2 aromatic carbocycles. The van der Waals surface area contributed by atoms with Gasteiger partial charge in [-0.05, 0) is 29.8 Å². The van der Waals surface area contributed by atoms with Gasteiger partial charge in [0.05, 0.1) is 19.3 Å². The summed E-state index contributed by atoms with van der Waals surface area (Å²) in [5.41, 5.74) is 7.66. The molecule has 0 saturated carbocycles. The zero-order chi connectivity index (χ0) is 15.9. The van der Waals surface area contributed by atoms with Gasteiger partial charge >= 0.3 is 0 Å². The number of hydrogen-bond donors (Lipinski definition) is 2. The number of rotatable bonds is 5. The number of halogens is 1. The fourth-order valence-corrected chi connectivity index (χ4v) is 2.41. The van der Waals surface area contributed by atoms with Crippen molar-refractivity contribution in [1.82, 2.24) is 0 Å². The summed E-state index contributed by atoms with van der Waals surface area (Å²) in [6.07, 6.45) is 1.66. The molecule has 2 aromatic rings. The van der Waals surface area contributed by atoms with E-state index in [1.165, 1.54) is 0 Å². The van der Waals surface area contributed by atoms with Crippen LogP contribution in [0, 0.1) is 0 Å². The van der Waals surface area contributed by atoms with Gasteiger partial charge in [0.1, 0.15) is 5.75 Å². The molecule has 3 N–H and O–H groups in total. The van der Waals surface area contributed by atoms with Crippen LogP contribution in [0.1, 0.15) is 5.56 Å². The van der Waals surface area contributed by atoms with Gasteiger partial charge in [0.25, 0.3) is 0 Å². The van der Waals surface area contributed by atoms with Crippen molar-refractivity contribution in [3.63, 3.8) is 0 Å². The fraction of sp³-hybridized carbons (Fsp3) is 0.188. The molecule has 1 unspecified atom stereocenters. The van der Waals surface area contributed by atoms with Gasteiger partial charge in [0.15, 0.2) is 5.96 Å². The third kappa shape index (κ3) is 5.83. The third-order valence-electron chi connectivity index (χ3n) is 3.06. The average Bonchev–Trinajstić information content (AvgIpc) is 2.54. The van der Waals surface area contributed by atoms with E-state index in [0.717, 1.165) is 16.1 Å². The van der Waals surface area contributed by atoms with Crippen LogP contribution in [0.4, 0.5) is 5.69 Å². The Hall–Kier alpha value is -1.61. The first-order valence-electron chi connectivity index (χ1n) is 6.72. The largest absolute Gasteiger partial charge is 0.495 e. The highest BCUT2D eigenvalue weighted by Crippen LogP contribution is 2.22. The van der Waals surface area contributed by atoms with Crippen LogP contribution in [0.5, 0.6) is 5.75 Å². The van der Waals surface area contributed by atoms with E-state index in [9.17, 15) is 4.21 Å². The maximum Gasteiger partial charge on any atom is 0.193 e. The number of nitrogens with two attached hydrogens (primary N) is 1. The second kappa shape index (κ2) is 9.51. The lowest BCUT2D eigenvalue weighted by atomic mass is 10.2. The Morgan fingerprint density at radius 2 is 1.87 bits per heavy atom. The molecule has 0 heterocycles. The first-order valence-corrected chi connectivity index (χ1v) is 8.28. The summed E-state index contributed by atoms with van der Waals surface area (Å²) in [5, 5.41) is 3.02. The SMILES string of the molecule is COc1ccccc1NC(N)=NCc1ccc(S(C)=O)cc1.I. The second-order valence-corrected chi connectivity index (χ2v) is 6.00. The summed E-state index contributed by atoms with van der Waals surface area (Å²) in [4.78, 5) is 5.09. The molecule has 1 atom stereocenters. The summed E-state index contributed by atoms with van der Waals surface area (Å²) in [6.45, 7) is 0.449. The lowest BCUT2D eigenvalue weighted by molar-refractivity contribution is 0.417. The number of para-hydroxylation sites is 2. The first kappa shape index (κ1) is 19.4. The standard InChI is InChI=1S/C16H19N3O2S.HI/c1-21-15-6-4-3-5-14(15)19-16(17)18-11-12-7-9-13(10-8-12)22(2)20;/h3-10H,11H2,1-2H3,(H3,17,18,19);1H. The minimum absolute atomic E-state index is 0. The minimum Gasteiger partial charge on any atom is -0.495 e. The number of aliphatic imine (C=N–C) groups is 1. The summed E-state index contributed by atoms with van der Waals surface area (Å²) < 4.78 is 16.6. The van der Waals surface area contributed by atoms with Crippen LogP contribution in [0.2, 0.25) is 0 Å². The molecular formula is C16H20IN3O2S. The molecule has 0 aliphatic heterocycles. The molecule has 0 fully saturated rings. The van der Waals surface area contributed by atoms with Gasteiger partial charge in [0.2, 0.25) is 0 Å².